The normalized spacial score (nSPS) is 12.2. The first-order valence-electron chi connectivity index (χ1n) is 19.1. The van der Waals surface area contributed by atoms with E-state index in [0.29, 0.717) is 5.82 Å². The summed E-state index contributed by atoms with van der Waals surface area (Å²) in [5, 5.41) is 10.3. The summed E-state index contributed by atoms with van der Waals surface area (Å²) < 4.78 is 2.38. The zero-order valence-electron chi connectivity index (χ0n) is 30.3. The van der Waals surface area contributed by atoms with Crippen LogP contribution in [0.3, 0.4) is 0 Å². The van der Waals surface area contributed by atoms with Crippen LogP contribution in [-0.4, -0.2) is 19.5 Å². The van der Waals surface area contributed by atoms with Crippen LogP contribution in [0, 0.1) is 0 Å². The third-order valence-electron chi connectivity index (χ3n) is 11.7. The van der Waals surface area contributed by atoms with Crippen molar-refractivity contribution < 1.29 is 0 Å². The number of pyridine rings is 1. The quantitative estimate of drug-likeness (QED) is 0.171. The number of nitrogens with zero attached hydrogens (tertiary/aromatic N) is 4. The Morgan fingerprint density at radius 1 is 0.429 bits per heavy atom. The highest BCUT2D eigenvalue weighted by molar-refractivity contribution is 6.26. The van der Waals surface area contributed by atoms with E-state index >= 15 is 0 Å². The predicted octanol–water partition coefficient (Wildman–Crippen LogP) is 13.0. The maximum Gasteiger partial charge on any atom is 0.160 e. The van der Waals surface area contributed by atoms with Crippen molar-refractivity contribution in [3.63, 3.8) is 0 Å². The van der Waals surface area contributed by atoms with E-state index in [0.717, 1.165) is 51.1 Å². The highest BCUT2D eigenvalue weighted by Gasteiger charge is 2.26. The first kappa shape index (κ1) is 31.0. The highest BCUT2D eigenvalue weighted by Crippen LogP contribution is 2.47. The molecule has 0 atom stereocenters. The van der Waals surface area contributed by atoms with Crippen LogP contribution >= 0.6 is 0 Å². The maximum absolute atomic E-state index is 5.15. The molecule has 11 aromatic rings. The van der Waals surface area contributed by atoms with Crippen LogP contribution in [0.4, 0.5) is 0 Å². The van der Waals surface area contributed by atoms with Gasteiger partial charge < -0.3 is 4.57 Å². The topological polar surface area (TPSA) is 43.6 Å². The second-order valence-electron chi connectivity index (χ2n) is 14.8. The Morgan fingerprint density at radius 3 is 1.71 bits per heavy atom. The van der Waals surface area contributed by atoms with Gasteiger partial charge in [-0.15, -0.1) is 0 Å². The molecular weight excluding hydrogens is 681 g/mol. The third-order valence-corrected chi connectivity index (χ3v) is 11.7. The molecule has 0 saturated carbocycles. The first-order chi connectivity index (χ1) is 27.8. The van der Waals surface area contributed by atoms with E-state index in [1.165, 1.54) is 65.5 Å². The van der Waals surface area contributed by atoms with E-state index in [2.05, 4.69) is 167 Å². The summed E-state index contributed by atoms with van der Waals surface area (Å²) in [6.45, 7) is 0. The fourth-order valence-electron chi connectivity index (χ4n) is 9.20. The van der Waals surface area contributed by atoms with Gasteiger partial charge in [-0.05, 0) is 103 Å². The Bertz CT molecular complexity index is 3320. The lowest BCUT2D eigenvalue weighted by molar-refractivity contribution is 1.15. The molecule has 0 fully saturated rings. The van der Waals surface area contributed by atoms with Gasteiger partial charge in [-0.2, -0.15) is 0 Å². The standard InChI is InChI=1S/C52H32N4/c1-3-12-32(13-4-1)47-30-48(33-14-5-2-6-15-33)55-52(54-47)34-16-11-17-36(26-34)56-49-24-25-53-31-46(49)51-45-28-35-27-43-39-20-9-7-18-37(39)38-19-8-10-21-40(38)44(43)29-42(35)41(45)22-23-50(51)56/h1-27,29-31H,28H2. The lowest BCUT2D eigenvalue weighted by atomic mass is 9.91. The lowest BCUT2D eigenvalue weighted by Gasteiger charge is -2.13. The molecule has 1 aliphatic rings. The molecule has 56 heavy (non-hydrogen) atoms. The van der Waals surface area contributed by atoms with Crippen LogP contribution in [0.25, 0.3) is 105 Å². The Balaban J connectivity index is 1.04. The molecule has 0 aliphatic heterocycles. The maximum atomic E-state index is 5.15. The predicted molar refractivity (Wildman–Crippen MR) is 231 cm³/mol. The average Bonchev–Trinajstić information content (AvgIpc) is 3.82. The molecule has 12 rings (SSSR count). The Labute approximate surface area is 323 Å². The van der Waals surface area contributed by atoms with Crippen molar-refractivity contribution in [3.05, 3.63) is 193 Å². The molecule has 4 heteroatoms. The van der Waals surface area contributed by atoms with Gasteiger partial charge >= 0.3 is 0 Å². The van der Waals surface area contributed by atoms with Crippen molar-refractivity contribution in [2.24, 2.45) is 0 Å². The first-order valence-corrected chi connectivity index (χ1v) is 19.1. The van der Waals surface area contributed by atoms with Crippen LogP contribution in [0.15, 0.2) is 182 Å². The van der Waals surface area contributed by atoms with Crippen molar-refractivity contribution in [1.82, 2.24) is 19.5 Å². The number of hydrogen-bond acceptors (Lipinski definition) is 3. The zero-order valence-corrected chi connectivity index (χ0v) is 30.3. The number of benzene rings is 8. The molecule has 0 saturated heterocycles. The van der Waals surface area contributed by atoms with Crippen LogP contribution < -0.4 is 0 Å². The molecule has 0 N–H and O–H groups in total. The van der Waals surface area contributed by atoms with Crippen molar-refractivity contribution in [2.75, 3.05) is 0 Å². The number of fused-ring (bicyclic) bond motifs is 13. The van der Waals surface area contributed by atoms with Gasteiger partial charge in [0.15, 0.2) is 5.82 Å². The summed E-state index contributed by atoms with van der Waals surface area (Å²) in [5.74, 6) is 0.693. The van der Waals surface area contributed by atoms with E-state index in [4.69, 9.17) is 9.97 Å². The SMILES string of the molecule is c1ccc(-c2cc(-c3ccccc3)nc(-c3cccc(-n4c5ccncc5c5c6c(ccc54)-c4cc5c7ccccc7c7ccccc7c5cc4C6)c3)n2)cc1. The summed E-state index contributed by atoms with van der Waals surface area (Å²) in [4.78, 5) is 15.0. The number of rotatable bonds is 4. The molecule has 3 aromatic heterocycles. The Kier molecular flexibility index (Phi) is 6.66. The van der Waals surface area contributed by atoms with Gasteiger partial charge in [0.2, 0.25) is 0 Å². The largest absolute Gasteiger partial charge is 0.309 e. The molecule has 0 spiro atoms. The van der Waals surface area contributed by atoms with Gasteiger partial charge in [0.05, 0.1) is 22.4 Å². The van der Waals surface area contributed by atoms with Crippen molar-refractivity contribution in [2.45, 2.75) is 6.42 Å². The smallest absolute Gasteiger partial charge is 0.160 e. The van der Waals surface area contributed by atoms with E-state index in [1.54, 1.807) is 0 Å². The van der Waals surface area contributed by atoms with Crippen LogP contribution in [0.1, 0.15) is 11.1 Å². The molecule has 260 valence electrons. The Morgan fingerprint density at radius 2 is 1.04 bits per heavy atom. The van der Waals surface area contributed by atoms with Crippen molar-refractivity contribution >= 4 is 54.1 Å². The van der Waals surface area contributed by atoms with Crippen molar-refractivity contribution in [1.29, 1.82) is 0 Å². The summed E-state index contributed by atoms with van der Waals surface area (Å²) >= 11 is 0. The van der Waals surface area contributed by atoms with E-state index < -0.39 is 0 Å². The van der Waals surface area contributed by atoms with Crippen LogP contribution in [-0.2, 0) is 6.42 Å². The second-order valence-corrected chi connectivity index (χ2v) is 14.8. The van der Waals surface area contributed by atoms with E-state index in [-0.39, 0.29) is 0 Å². The molecule has 0 bridgehead atoms. The van der Waals surface area contributed by atoms with E-state index in [9.17, 15) is 0 Å². The zero-order chi connectivity index (χ0) is 36.7. The molecule has 1 aliphatic carbocycles. The molecule has 4 nitrogen and oxygen atoms in total. The second kappa shape index (κ2) is 12.0. The summed E-state index contributed by atoms with van der Waals surface area (Å²) in [6.07, 6.45) is 4.81. The van der Waals surface area contributed by atoms with Crippen LogP contribution in [0.2, 0.25) is 0 Å². The fourth-order valence-corrected chi connectivity index (χ4v) is 9.20. The van der Waals surface area contributed by atoms with Gasteiger partial charge in [-0.3, -0.25) is 4.98 Å². The highest BCUT2D eigenvalue weighted by atomic mass is 15.0. The van der Waals surface area contributed by atoms with Gasteiger partial charge in [0.1, 0.15) is 0 Å². The van der Waals surface area contributed by atoms with E-state index in [1.807, 2.05) is 24.5 Å². The van der Waals surface area contributed by atoms with Gasteiger partial charge in [0.25, 0.3) is 0 Å². The minimum absolute atomic E-state index is 0.693. The van der Waals surface area contributed by atoms with Crippen molar-refractivity contribution in [3.8, 4) is 50.7 Å². The molecule has 3 heterocycles. The van der Waals surface area contributed by atoms with Crippen LogP contribution in [0.5, 0.6) is 0 Å². The summed E-state index contributed by atoms with van der Waals surface area (Å²) in [6, 6.07) is 60.8. The third kappa shape index (κ3) is 4.63. The fraction of sp³-hybridized carbons (Fsp3) is 0.0192. The molecule has 0 amide bonds. The minimum atomic E-state index is 0.693. The Hall–Kier alpha value is -7.43. The molecule has 0 unspecified atom stereocenters. The lowest BCUT2D eigenvalue weighted by Crippen LogP contribution is -1.98. The van der Waals surface area contributed by atoms with Gasteiger partial charge in [0, 0.05) is 45.5 Å². The minimum Gasteiger partial charge on any atom is -0.309 e. The van der Waals surface area contributed by atoms with Gasteiger partial charge in [-0.25, -0.2) is 9.97 Å². The number of aromatic nitrogens is 4. The molecule has 0 radical (unpaired) electrons. The molecule has 8 aromatic carbocycles. The number of hydrogen-bond donors (Lipinski definition) is 0. The average molecular weight is 713 g/mol. The van der Waals surface area contributed by atoms with Gasteiger partial charge in [-0.1, -0.05) is 127 Å². The summed E-state index contributed by atoms with van der Waals surface area (Å²) in [5.41, 5.74) is 13.6. The monoisotopic (exact) mass is 712 g/mol. The molecular formula is C52H32N4. The summed E-state index contributed by atoms with van der Waals surface area (Å²) in [7, 11) is 0.